The summed E-state index contributed by atoms with van der Waals surface area (Å²) in [7, 11) is 1.98. The second kappa shape index (κ2) is 4.65. The molecule has 1 N–H and O–H groups in total. The molecule has 0 unspecified atom stereocenters. The number of aromatic nitrogens is 4. The maximum absolute atomic E-state index is 4.21. The smallest absolute Gasteiger partial charge is 0.122 e. The third kappa shape index (κ3) is 2.60. The van der Waals surface area contributed by atoms with E-state index in [-0.39, 0.29) is 0 Å². The molecule has 0 radical (unpaired) electrons. The van der Waals surface area contributed by atoms with E-state index in [9.17, 15) is 0 Å². The zero-order chi connectivity index (χ0) is 10.5. The van der Waals surface area contributed by atoms with Crippen LogP contribution in [0.2, 0.25) is 0 Å². The monoisotopic (exact) mass is 203 g/mol. The van der Waals surface area contributed by atoms with Crippen molar-refractivity contribution in [2.45, 2.75) is 13.1 Å². The van der Waals surface area contributed by atoms with Gasteiger partial charge in [0.15, 0.2) is 0 Å². The van der Waals surface area contributed by atoms with Gasteiger partial charge in [0.05, 0.1) is 12.2 Å². The summed E-state index contributed by atoms with van der Waals surface area (Å²) in [5, 5.41) is 3.26. The van der Waals surface area contributed by atoms with Crippen molar-refractivity contribution in [1.82, 2.24) is 24.8 Å². The summed E-state index contributed by atoms with van der Waals surface area (Å²) < 4.78 is 1.99. The van der Waals surface area contributed by atoms with Gasteiger partial charge >= 0.3 is 0 Å². The lowest BCUT2D eigenvalue weighted by molar-refractivity contribution is 0.629. The first-order chi connectivity index (χ1) is 7.36. The van der Waals surface area contributed by atoms with Crippen LogP contribution >= 0.6 is 0 Å². The van der Waals surface area contributed by atoms with Crippen LogP contribution in [0, 0.1) is 0 Å². The summed E-state index contributed by atoms with van der Waals surface area (Å²) in [6.45, 7) is 1.45. The molecule has 0 aliphatic rings. The summed E-state index contributed by atoms with van der Waals surface area (Å²) in [5.41, 5.74) is 0.937. The maximum Gasteiger partial charge on any atom is 0.122 e. The van der Waals surface area contributed by atoms with Crippen LogP contribution in [0.5, 0.6) is 0 Å². The van der Waals surface area contributed by atoms with Gasteiger partial charge in [0.1, 0.15) is 5.82 Å². The molecule has 0 aliphatic heterocycles. The van der Waals surface area contributed by atoms with Crippen molar-refractivity contribution in [3.8, 4) is 0 Å². The Morgan fingerprint density at radius 1 is 1.20 bits per heavy atom. The molecule has 2 aromatic heterocycles. The molecule has 5 heteroatoms. The second-order valence-corrected chi connectivity index (χ2v) is 3.25. The lowest BCUT2D eigenvalue weighted by Crippen LogP contribution is -2.16. The Bertz CT molecular complexity index is 409. The summed E-state index contributed by atoms with van der Waals surface area (Å²) in [6, 6.07) is 0. The topological polar surface area (TPSA) is 55.6 Å². The summed E-state index contributed by atoms with van der Waals surface area (Å²) in [4.78, 5) is 12.4. The van der Waals surface area contributed by atoms with Gasteiger partial charge in [0.2, 0.25) is 0 Å². The fourth-order valence-corrected chi connectivity index (χ4v) is 1.29. The Labute approximate surface area is 88.2 Å². The van der Waals surface area contributed by atoms with Gasteiger partial charge in [0, 0.05) is 44.6 Å². The van der Waals surface area contributed by atoms with Crippen LogP contribution in [0.3, 0.4) is 0 Å². The van der Waals surface area contributed by atoms with E-state index in [0.29, 0.717) is 6.54 Å². The highest BCUT2D eigenvalue weighted by Gasteiger charge is 1.98. The molecule has 0 fully saturated rings. The first-order valence-corrected chi connectivity index (χ1v) is 4.78. The molecule has 2 aromatic rings. The predicted molar refractivity (Wildman–Crippen MR) is 55.8 cm³/mol. The zero-order valence-electron chi connectivity index (χ0n) is 8.59. The Morgan fingerprint density at radius 2 is 2.13 bits per heavy atom. The van der Waals surface area contributed by atoms with E-state index in [1.54, 1.807) is 24.8 Å². The van der Waals surface area contributed by atoms with E-state index in [1.807, 2.05) is 17.8 Å². The summed E-state index contributed by atoms with van der Waals surface area (Å²) in [5.74, 6) is 1.01. The molecule has 2 heterocycles. The van der Waals surface area contributed by atoms with Crippen molar-refractivity contribution in [1.29, 1.82) is 0 Å². The Hall–Kier alpha value is -1.75. The molecule has 15 heavy (non-hydrogen) atoms. The van der Waals surface area contributed by atoms with Crippen molar-refractivity contribution in [2.75, 3.05) is 0 Å². The molecule has 78 valence electrons. The fraction of sp³-hybridized carbons (Fsp3) is 0.300. The van der Waals surface area contributed by atoms with E-state index in [1.165, 1.54) is 0 Å². The Balaban J connectivity index is 1.83. The van der Waals surface area contributed by atoms with E-state index in [0.717, 1.165) is 18.1 Å². The SMILES string of the molecule is Cn1ccnc1CNCc1cnccn1. The van der Waals surface area contributed by atoms with Gasteiger partial charge < -0.3 is 9.88 Å². The minimum absolute atomic E-state index is 0.709. The molecular weight excluding hydrogens is 190 g/mol. The van der Waals surface area contributed by atoms with Gasteiger partial charge in [-0.05, 0) is 0 Å². The number of nitrogens with zero attached hydrogens (tertiary/aromatic N) is 4. The first kappa shape index (κ1) is 9.79. The van der Waals surface area contributed by atoms with Crippen LogP contribution in [-0.4, -0.2) is 19.5 Å². The minimum Gasteiger partial charge on any atom is -0.337 e. The molecule has 0 aliphatic carbocycles. The van der Waals surface area contributed by atoms with Gasteiger partial charge in [-0.25, -0.2) is 4.98 Å². The number of nitrogens with one attached hydrogen (secondary N) is 1. The van der Waals surface area contributed by atoms with Crippen molar-refractivity contribution in [3.63, 3.8) is 0 Å². The van der Waals surface area contributed by atoms with E-state index < -0.39 is 0 Å². The first-order valence-electron chi connectivity index (χ1n) is 4.78. The van der Waals surface area contributed by atoms with Gasteiger partial charge in [0.25, 0.3) is 0 Å². The van der Waals surface area contributed by atoms with E-state index >= 15 is 0 Å². The largest absolute Gasteiger partial charge is 0.337 e. The van der Waals surface area contributed by atoms with E-state index in [4.69, 9.17) is 0 Å². The molecule has 0 atom stereocenters. The summed E-state index contributed by atoms with van der Waals surface area (Å²) in [6.07, 6.45) is 8.84. The van der Waals surface area contributed by atoms with Crippen LogP contribution in [-0.2, 0) is 20.1 Å². The van der Waals surface area contributed by atoms with Gasteiger partial charge in [-0.3, -0.25) is 9.97 Å². The molecule has 0 spiro atoms. The second-order valence-electron chi connectivity index (χ2n) is 3.25. The molecule has 0 saturated carbocycles. The van der Waals surface area contributed by atoms with Crippen LogP contribution in [0.4, 0.5) is 0 Å². The van der Waals surface area contributed by atoms with Crippen molar-refractivity contribution in [2.24, 2.45) is 7.05 Å². The van der Waals surface area contributed by atoms with Crippen LogP contribution in [0.25, 0.3) is 0 Å². The van der Waals surface area contributed by atoms with Crippen molar-refractivity contribution >= 4 is 0 Å². The third-order valence-corrected chi connectivity index (χ3v) is 2.13. The highest BCUT2D eigenvalue weighted by Crippen LogP contribution is 1.94. The molecular formula is C10H13N5. The average Bonchev–Trinajstić information content (AvgIpc) is 2.66. The van der Waals surface area contributed by atoms with Gasteiger partial charge in [-0.2, -0.15) is 0 Å². The lowest BCUT2D eigenvalue weighted by Gasteiger charge is -2.03. The number of hydrogen-bond acceptors (Lipinski definition) is 4. The zero-order valence-corrected chi connectivity index (χ0v) is 8.59. The number of rotatable bonds is 4. The predicted octanol–water partition coefficient (Wildman–Crippen LogP) is 0.500. The number of aryl methyl sites for hydroxylation is 1. The number of imidazole rings is 1. The average molecular weight is 203 g/mol. The molecule has 2 rings (SSSR count). The van der Waals surface area contributed by atoms with Crippen molar-refractivity contribution < 1.29 is 0 Å². The third-order valence-electron chi connectivity index (χ3n) is 2.13. The van der Waals surface area contributed by atoms with E-state index in [2.05, 4.69) is 20.3 Å². The fourth-order valence-electron chi connectivity index (χ4n) is 1.29. The highest BCUT2D eigenvalue weighted by atomic mass is 15.1. The Morgan fingerprint density at radius 3 is 2.80 bits per heavy atom. The molecule has 5 nitrogen and oxygen atoms in total. The number of hydrogen-bond donors (Lipinski definition) is 1. The van der Waals surface area contributed by atoms with Crippen LogP contribution in [0.1, 0.15) is 11.5 Å². The summed E-state index contributed by atoms with van der Waals surface area (Å²) >= 11 is 0. The quantitative estimate of drug-likeness (QED) is 0.786. The molecule has 0 aromatic carbocycles. The van der Waals surface area contributed by atoms with Gasteiger partial charge in [-0.1, -0.05) is 0 Å². The van der Waals surface area contributed by atoms with Crippen molar-refractivity contribution in [3.05, 3.63) is 42.5 Å². The van der Waals surface area contributed by atoms with Gasteiger partial charge in [-0.15, -0.1) is 0 Å². The Kier molecular flexibility index (Phi) is 3.04. The maximum atomic E-state index is 4.21. The standard InChI is InChI=1S/C10H13N5/c1-15-5-4-14-10(15)8-12-7-9-6-11-2-3-13-9/h2-6,12H,7-8H2,1H3. The molecule has 0 bridgehead atoms. The minimum atomic E-state index is 0.709. The highest BCUT2D eigenvalue weighted by molar-refractivity contribution is 4.95. The van der Waals surface area contributed by atoms with Crippen LogP contribution in [0.15, 0.2) is 31.0 Å². The lowest BCUT2D eigenvalue weighted by atomic mass is 10.4. The molecule has 0 saturated heterocycles. The van der Waals surface area contributed by atoms with Crippen LogP contribution < -0.4 is 5.32 Å². The molecule has 0 amide bonds. The normalized spacial score (nSPS) is 10.5.